The van der Waals surface area contributed by atoms with Gasteiger partial charge in [-0.1, -0.05) is 0 Å². The number of ether oxygens (including phenoxy) is 1. The van der Waals surface area contributed by atoms with Crippen LogP contribution in [0.4, 0.5) is 4.39 Å². The fraction of sp³-hybridized carbons (Fsp3) is 0.300. The zero-order valence-corrected chi connectivity index (χ0v) is 7.81. The maximum absolute atomic E-state index is 12.9. The molecule has 0 bridgehead atoms. The van der Waals surface area contributed by atoms with Gasteiger partial charge in [-0.05, 0) is 18.2 Å². The number of rotatable bonds is 1. The quantitative estimate of drug-likeness (QED) is 0.728. The Morgan fingerprint density at radius 2 is 2.33 bits per heavy atom. The first-order valence-electron chi connectivity index (χ1n) is 4.52. The van der Waals surface area contributed by atoms with Crippen LogP contribution in [-0.4, -0.2) is 17.3 Å². The lowest BCUT2D eigenvalue weighted by atomic mass is 9.92. The van der Waals surface area contributed by atoms with Crippen LogP contribution in [0.2, 0.25) is 0 Å². The maximum Gasteiger partial charge on any atom is 0.311 e. The molecule has 1 aromatic carbocycles. The normalized spacial score (nSPS) is 24.1. The zero-order valence-electron chi connectivity index (χ0n) is 7.81. The van der Waals surface area contributed by atoms with Gasteiger partial charge in [0.2, 0.25) is 0 Å². The molecule has 15 heavy (non-hydrogen) atoms. The molecule has 5 heteroatoms. The molecule has 1 heterocycles. The Kier molecular flexibility index (Phi) is 2.32. The Morgan fingerprint density at radius 3 is 3.00 bits per heavy atom. The van der Waals surface area contributed by atoms with Gasteiger partial charge in [0.1, 0.15) is 17.8 Å². The number of halogens is 1. The van der Waals surface area contributed by atoms with E-state index < -0.39 is 23.9 Å². The highest BCUT2D eigenvalue weighted by Gasteiger charge is 2.31. The first kappa shape index (κ1) is 9.92. The Morgan fingerprint density at radius 1 is 1.60 bits per heavy atom. The van der Waals surface area contributed by atoms with E-state index in [1.807, 2.05) is 0 Å². The maximum atomic E-state index is 12.9. The van der Waals surface area contributed by atoms with E-state index in [9.17, 15) is 9.18 Å². The molecule has 0 spiro atoms. The molecule has 80 valence electrons. The molecule has 4 nitrogen and oxygen atoms in total. The van der Waals surface area contributed by atoms with Gasteiger partial charge in [0.15, 0.2) is 0 Å². The van der Waals surface area contributed by atoms with E-state index in [1.165, 1.54) is 18.2 Å². The fourth-order valence-electron chi connectivity index (χ4n) is 1.70. The molecule has 1 aliphatic heterocycles. The Hall–Kier alpha value is -1.62. The highest BCUT2D eigenvalue weighted by molar-refractivity contribution is 5.77. The van der Waals surface area contributed by atoms with Crippen molar-refractivity contribution < 1.29 is 19.0 Å². The van der Waals surface area contributed by atoms with Crippen LogP contribution < -0.4 is 10.5 Å². The summed E-state index contributed by atoms with van der Waals surface area (Å²) < 4.78 is 18.2. The van der Waals surface area contributed by atoms with Crippen molar-refractivity contribution in [1.29, 1.82) is 0 Å². The van der Waals surface area contributed by atoms with E-state index in [4.69, 9.17) is 15.6 Å². The first-order chi connectivity index (χ1) is 7.08. The van der Waals surface area contributed by atoms with Crippen molar-refractivity contribution in [3.63, 3.8) is 0 Å². The van der Waals surface area contributed by atoms with E-state index in [0.717, 1.165) is 0 Å². The van der Waals surface area contributed by atoms with Gasteiger partial charge in [0.05, 0.1) is 5.92 Å². The molecule has 0 radical (unpaired) electrons. The molecule has 0 saturated heterocycles. The van der Waals surface area contributed by atoms with Crippen LogP contribution in [0.1, 0.15) is 17.9 Å². The number of carboxylic acids is 1. The van der Waals surface area contributed by atoms with Crippen LogP contribution >= 0.6 is 0 Å². The summed E-state index contributed by atoms with van der Waals surface area (Å²) in [5.74, 6) is -1.93. The standard InChI is InChI=1S/C10H10FNO3/c11-5-1-2-8-6(3-5)7(10(13)14)4-9(12)15-8/h1-3,7,9H,4,12H2,(H,13,14). The number of hydrogen-bond donors (Lipinski definition) is 2. The van der Waals surface area contributed by atoms with Crippen LogP contribution in [0.15, 0.2) is 18.2 Å². The van der Waals surface area contributed by atoms with Crippen molar-refractivity contribution >= 4 is 5.97 Å². The molecule has 0 amide bonds. The molecule has 3 N–H and O–H groups in total. The Balaban J connectivity index is 2.47. The van der Waals surface area contributed by atoms with E-state index in [1.54, 1.807) is 0 Å². The predicted molar refractivity (Wildman–Crippen MR) is 50.0 cm³/mol. The van der Waals surface area contributed by atoms with E-state index >= 15 is 0 Å². The molecule has 1 aliphatic rings. The molecule has 0 fully saturated rings. The monoisotopic (exact) mass is 211 g/mol. The van der Waals surface area contributed by atoms with Crippen LogP contribution in [0, 0.1) is 5.82 Å². The molecular formula is C10H10FNO3. The topological polar surface area (TPSA) is 72.6 Å². The van der Waals surface area contributed by atoms with Gasteiger partial charge in [-0.15, -0.1) is 0 Å². The highest BCUT2D eigenvalue weighted by Crippen LogP contribution is 2.35. The average molecular weight is 211 g/mol. The molecule has 0 saturated carbocycles. The number of carboxylic acid groups (broad SMARTS) is 1. The molecular weight excluding hydrogens is 201 g/mol. The second kappa shape index (κ2) is 3.51. The lowest BCUT2D eigenvalue weighted by Crippen LogP contribution is -2.35. The first-order valence-corrected chi connectivity index (χ1v) is 4.52. The van der Waals surface area contributed by atoms with Crippen LogP contribution in [-0.2, 0) is 4.79 Å². The largest absolute Gasteiger partial charge is 0.481 e. The second-order valence-corrected chi connectivity index (χ2v) is 3.46. The summed E-state index contributed by atoms with van der Waals surface area (Å²) in [5.41, 5.74) is 5.89. The third-order valence-electron chi connectivity index (χ3n) is 2.39. The molecule has 1 aromatic rings. The van der Waals surface area contributed by atoms with Gasteiger partial charge in [0.25, 0.3) is 0 Å². The summed E-state index contributed by atoms with van der Waals surface area (Å²) in [5, 5.41) is 8.96. The highest BCUT2D eigenvalue weighted by atomic mass is 19.1. The second-order valence-electron chi connectivity index (χ2n) is 3.46. The third kappa shape index (κ3) is 1.78. The minimum Gasteiger partial charge on any atom is -0.481 e. The summed E-state index contributed by atoms with van der Waals surface area (Å²) >= 11 is 0. The van der Waals surface area contributed by atoms with Crippen molar-refractivity contribution in [3.8, 4) is 5.75 Å². The summed E-state index contributed by atoms with van der Waals surface area (Å²) in [6.07, 6.45) is -0.490. The third-order valence-corrected chi connectivity index (χ3v) is 2.39. The minimum absolute atomic E-state index is 0.159. The van der Waals surface area contributed by atoms with Crippen LogP contribution in [0.3, 0.4) is 0 Å². The lowest BCUT2D eigenvalue weighted by molar-refractivity contribution is -0.140. The van der Waals surface area contributed by atoms with E-state index in [-0.39, 0.29) is 6.42 Å². The van der Waals surface area contributed by atoms with Crippen molar-refractivity contribution in [2.45, 2.75) is 18.6 Å². The molecule has 2 atom stereocenters. The molecule has 2 unspecified atom stereocenters. The number of aliphatic carboxylic acids is 1. The summed E-state index contributed by atoms with van der Waals surface area (Å²) in [4.78, 5) is 10.9. The van der Waals surface area contributed by atoms with Gasteiger partial charge >= 0.3 is 5.97 Å². The summed E-state index contributed by atoms with van der Waals surface area (Å²) in [7, 11) is 0. The molecule has 0 aromatic heterocycles. The number of carbonyl (C=O) groups is 1. The minimum atomic E-state index is -1.01. The summed E-state index contributed by atoms with van der Waals surface area (Å²) in [6.45, 7) is 0. The lowest BCUT2D eigenvalue weighted by Gasteiger charge is -2.27. The van der Waals surface area contributed by atoms with Crippen LogP contribution in [0.5, 0.6) is 5.75 Å². The predicted octanol–water partition coefficient (Wildman–Crippen LogP) is 1.06. The van der Waals surface area contributed by atoms with Crippen LogP contribution in [0.25, 0.3) is 0 Å². The molecule has 0 aliphatic carbocycles. The Bertz CT molecular complexity index is 408. The van der Waals surface area contributed by atoms with Gasteiger partial charge < -0.3 is 9.84 Å². The van der Waals surface area contributed by atoms with Crippen molar-refractivity contribution in [3.05, 3.63) is 29.6 Å². The van der Waals surface area contributed by atoms with E-state index in [0.29, 0.717) is 11.3 Å². The number of hydrogen-bond acceptors (Lipinski definition) is 3. The number of fused-ring (bicyclic) bond motifs is 1. The smallest absolute Gasteiger partial charge is 0.311 e. The van der Waals surface area contributed by atoms with Gasteiger partial charge in [-0.25, -0.2) is 4.39 Å². The summed E-state index contributed by atoms with van der Waals surface area (Å²) in [6, 6.07) is 3.80. The Labute approximate surface area is 85.5 Å². The zero-order chi connectivity index (χ0) is 11.0. The average Bonchev–Trinajstić information content (AvgIpc) is 2.17. The van der Waals surface area contributed by atoms with Gasteiger partial charge in [-0.3, -0.25) is 10.5 Å². The van der Waals surface area contributed by atoms with Gasteiger partial charge in [-0.2, -0.15) is 0 Å². The van der Waals surface area contributed by atoms with Gasteiger partial charge in [0, 0.05) is 12.0 Å². The fourth-order valence-corrected chi connectivity index (χ4v) is 1.70. The van der Waals surface area contributed by atoms with Crippen molar-refractivity contribution in [2.24, 2.45) is 5.73 Å². The SMILES string of the molecule is NC1CC(C(=O)O)c2cc(F)ccc2O1. The van der Waals surface area contributed by atoms with Crippen molar-refractivity contribution in [2.75, 3.05) is 0 Å². The van der Waals surface area contributed by atoms with E-state index in [2.05, 4.69) is 0 Å². The molecule has 2 rings (SSSR count). The number of benzene rings is 1. The number of nitrogens with two attached hydrogens (primary N) is 1. The van der Waals surface area contributed by atoms with Crippen molar-refractivity contribution in [1.82, 2.24) is 0 Å².